The van der Waals surface area contributed by atoms with Gasteiger partial charge in [-0.25, -0.2) is 12.8 Å². The number of carbonyl (C=O) groups is 1. The molecule has 0 unspecified atom stereocenters. The summed E-state index contributed by atoms with van der Waals surface area (Å²) in [5.41, 5.74) is 1.18. The van der Waals surface area contributed by atoms with Crippen LogP contribution in [0.4, 0.5) is 4.39 Å². The van der Waals surface area contributed by atoms with Crippen molar-refractivity contribution in [3.63, 3.8) is 0 Å². The molecule has 5 nitrogen and oxygen atoms in total. The molecule has 1 amide bonds. The molecule has 4 rings (SSSR count). The van der Waals surface area contributed by atoms with Gasteiger partial charge >= 0.3 is 0 Å². The summed E-state index contributed by atoms with van der Waals surface area (Å²) in [6.45, 7) is 1.08. The third kappa shape index (κ3) is 4.20. The largest absolute Gasteiger partial charge is 0.345 e. The number of nitrogens with one attached hydrogen (secondary N) is 1. The average molecular weight is 435 g/mol. The first-order valence-electron chi connectivity index (χ1n) is 9.79. The molecular weight excluding hydrogens is 411 g/mol. The van der Waals surface area contributed by atoms with Gasteiger partial charge < -0.3 is 5.32 Å². The van der Waals surface area contributed by atoms with E-state index >= 15 is 0 Å². The molecule has 29 heavy (non-hydrogen) atoms. The van der Waals surface area contributed by atoms with Gasteiger partial charge in [0.2, 0.25) is 10.0 Å². The lowest BCUT2D eigenvalue weighted by Gasteiger charge is -2.26. The van der Waals surface area contributed by atoms with Crippen molar-refractivity contribution in [1.29, 1.82) is 0 Å². The number of carbonyl (C=O) groups excluding carboxylic acids is 1. The van der Waals surface area contributed by atoms with Crippen LogP contribution < -0.4 is 5.32 Å². The van der Waals surface area contributed by atoms with E-state index in [-0.39, 0.29) is 22.7 Å². The van der Waals surface area contributed by atoms with Crippen LogP contribution in [0.15, 0.2) is 52.3 Å². The Kier molecular flexibility index (Phi) is 5.94. The number of rotatable bonds is 4. The van der Waals surface area contributed by atoms with Crippen molar-refractivity contribution in [1.82, 2.24) is 9.62 Å². The Balaban J connectivity index is 1.49. The molecule has 2 aliphatic rings. The molecule has 1 saturated heterocycles. The number of halogens is 1. The molecule has 0 radical (unpaired) electrons. The molecule has 0 saturated carbocycles. The van der Waals surface area contributed by atoms with E-state index in [2.05, 4.69) is 5.32 Å². The van der Waals surface area contributed by atoms with Crippen LogP contribution in [0.5, 0.6) is 0 Å². The van der Waals surface area contributed by atoms with Crippen molar-refractivity contribution >= 4 is 27.7 Å². The van der Waals surface area contributed by atoms with Crippen LogP contribution >= 0.6 is 11.8 Å². The van der Waals surface area contributed by atoms with Gasteiger partial charge in [-0.1, -0.05) is 18.6 Å². The highest BCUT2D eigenvalue weighted by Gasteiger charge is 2.27. The van der Waals surface area contributed by atoms with Crippen LogP contribution in [-0.2, 0) is 10.0 Å². The van der Waals surface area contributed by atoms with E-state index in [0.29, 0.717) is 30.0 Å². The molecule has 1 fully saturated rings. The van der Waals surface area contributed by atoms with Gasteiger partial charge in [0.15, 0.2) is 0 Å². The minimum Gasteiger partial charge on any atom is -0.345 e. The van der Waals surface area contributed by atoms with Crippen LogP contribution in [0.25, 0.3) is 0 Å². The fourth-order valence-corrected chi connectivity index (χ4v) is 6.47. The number of benzene rings is 2. The Morgan fingerprint density at radius 1 is 1.07 bits per heavy atom. The summed E-state index contributed by atoms with van der Waals surface area (Å²) >= 11 is 1.46. The summed E-state index contributed by atoms with van der Waals surface area (Å²) in [5.74, 6) is 0.170. The zero-order valence-corrected chi connectivity index (χ0v) is 17.6. The third-order valence-corrected chi connectivity index (χ3v) is 8.47. The molecular formula is C21H23FN2O3S2. The number of sulfonamides is 1. The summed E-state index contributed by atoms with van der Waals surface area (Å²) in [6.07, 6.45) is 3.52. The molecule has 0 aromatic heterocycles. The standard InChI is InChI=1S/C21H23FN2O3S2/c22-18-6-4-5-17-19(11-14-28-20(17)18)23-21(25)15-7-9-16(10-8-15)29(26,27)24-12-2-1-3-13-24/h4-10,19H,1-3,11-14H2,(H,23,25)/t19-/m1/s1. The van der Waals surface area contributed by atoms with Crippen molar-refractivity contribution in [3.05, 3.63) is 59.4 Å². The number of fused-ring (bicyclic) bond motifs is 1. The molecule has 154 valence electrons. The Hall–Kier alpha value is -1.90. The second-order valence-corrected chi connectivity index (χ2v) is 10.4. The molecule has 2 aliphatic heterocycles. The summed E-state index contributed by atoms with van der Waals surface area (Å²) in [7, 11) is -3.52. The first-order valence-corrected chi connectivity index (χ1v) is 12.2. The normalized spacial score (nSPS) is 20.1. The Labute approximate surface area is 174 Å². The highest BCUT2D eigenvalue weighted by molar-refractivity contribution is 7.99. The minimum atomic E-state index is -3.52. The van der Waals surface area contributed by atoms with E-state index in [9.17, 15) is 17.6 Å². The van der Waals surface area contributed by atoms with E-state index in [1.54, 1.807) is 6.07 Å². The topological polar surface area (TPSA) is 66.5 Å². The minimum absolute atomic E-state index is 0.206. The lowest BCUT2D eigenvalue weighted by atomic mass is 10.0. The molecule has 0 bridgehead atoms. The van der Waals surface area contributed by atoms with Crippen LogP contribution in [0.2, 0.25) is 0 Å². The second-order valence-electron chi connectivity index (χ2n) is 7.31. The first kappa shape index (κ1) is 20.4. The Morgan fingerprint density at radius 2 is 1.79 bits per heavy atom. The SMILES string of the molecule is O=C(N[C@@H]1CCSc2c(F)cccc21)c1ccc(S(=O)(=O)N2CCCCC2)cc1. The van der Waals surface area contributed by atoms with Gasteiger partial charge in [0.1, 0.15) is 5.82 Å². The van der Waals surface area contributed by atoms with E-state index < -0.39 is 10.0 Å². The predicted molar refractivity (Wildman–Crippen MR) is 111 cm³/mol. The second kappa shape index (κ2) is 8.45. The highest BCUT2D eigenvalue weighted by atomic mass is 32.2. The zero-order valence-electron chi connectivity index (χ0n) is 15.9. The van der Waals surface area contributed by atoms with Crippen molar-refractivity contribution in [2.45, 2.75) is 41.5 Å². The number of hydrogen-bond acceptors (Lipinski definition) is 4. The van der Waals surface area contributed by atoms with Crippen molar-refractivity contribution in [2.24, 2.45) is 0 Å². The van der Waals surface area contributed by atoms with Gasteiger partial charge in [-0.2, -0.15) is 4.31 Å². The smallest absolute Gasteiger partial charge is 0.251 e. The molecule has 1 N–H and O–H groups in total. The highest BCUT2D eigenvalue weighted by Crippen LogP contribution is 2.37. The lowest BCUT2D eigenvalue weighted by molar-refractivity contribution is 0.0934. The summed E-state index contributed by atoms with van der Waals surface area (Å²) in [5, 5.41) is 2.96. The summed E-state index contributed by atoms with van der Waals surface area (Å²) in [6, 6.07) is 10.7. The maximum atomic E-state index is 14.0. The van der Waals surface area contributed by atoms with Gasteiger partial charge in [-0.15, -0.1) is 11.8 Å². The average Bonchev–Trinajstić information content (AvgIpc) is 2.75. The monoisotopic (exact) mass is 434 g/mol. The van der Waals surface area contributed by atoms with Gasteiger partial charge in [0.25, 0.3) is 5.91 Å². The van der Waals surface area contributed by atoms with E-state index in [4.69, 9.17) is 0 Å². The Morgan fingerprint density at radius 3 is 2.52 bits per heavy atom. The fourth-order valence-electron chi connectivity index (χ4n) is 3.81. The molecule has 0 spiro atoms. The number of thioether (sulfide) groups is 1. The van der Waals surface area contributed by atoms with Crippen LogP contribution in [0.3, 0.4) is 0 Å². The molecule has 8 heteroatoms. The van der Waals surface area contributed by atoms with Crippen molar-refractivity contribution < 1.29 is 17.6 Å². The number of piperidine rings is 1. The molecule has 2 aromatic rings. The third-order valence-electron chi connectivity index (χ3n) is 5.40. The maximum Gasteiger partial charge on any atom is 0.251 e. The van der Waals surface area contributed by atoms with Gasteiger partial charge in [0.05, 0.1) is 10.9 Å². The Bertz CT molecular complexity index is 1000. The van der Waals surface area contributed by atoms with Crippen LogP contribution in [-0.4, -0.2) is 37.5 Å². The van der Waals surface area contributed by atoms with Crippen LogP contribution in [0, 0.1) is 5.82 Å². The lowest BCUT2D eigenvalue weighted by Crippen LogP contribution is -2.35. The molecule has 2 aromatic carbocycles. The van der Waals surface area contributed by atoms with Crippen LogP contribution in [0.1, 0.15) is 47.6 Å². The first-order chi connectivity index (χ1) is 14.0. The van der Waals surface area contributed by atoms with Gasteiger partial charge in [0, 0.05) is 29.3 Å². The molecule has 1 atom stereocenters. The van der Waals surface area contributed by atoms with E-state index in [1.165, 1.54) is 46.4 Å². The van der Waals surface area contributed by atoms with Gasteiger partial charge in [-0.05, 0) is 55.2 Å². The fraction of sp³-hybridized carbons (Fsp3) is 0.381. The summed E-state index contributed by atoms with van der Waals surface area (Å²) in [4.78, 5) is 13.5. The van der Waals surface area contributed by atoms with E-state index in [0.717, 1.165) is 30.6 Å². The molecule has 2 heterocycles. The van der Waals surface area contributed by atoms with Crippen molar-refractivity contribution in [3.8, 4) is 0 Å². The summed E-state index contributed by atoms with van der Waals surface area (Å²) < 4.78 is 41.0. The number of nitrogens with zero attached hydrogens (tertiary/aromatic N) is 1. The molecule has 0 aliphatic carbocycles. The van der Waals surface area contributed by atoms with E-state index in [1.807, 2.05) is 6.07 Å². The number of hydrogen-bond donors (Lipinski definition) is 1. The van der Waals surface area contributed by atoms with Gasteiger partial charge in [-0.3, -0.25) is 4.79 Å². The number of amides is 1. The van der Waals surface area contributed by atoms with Crippen molar-refractivity contribution in [2.75, 3.05) is 18.8 Å². The predicted octanol–water partition coefficient (Wildman–Crippen LogP) is 3.97. The quantitative estimate of drug-likeness (QED) is 0.791. The maximum absolute atomic E-state index is 14.0. The zero-order chi connectivity index (χ0) is 20.4.